The second kappa shape index (κ2) is 3.91. The minimum Gasteiger partial charge on any atom is -0.234 e. The van der Waals surface area contributed by atoms with Crippen molar-refractivity contribution in [1.82, 2.24) is 4.98 Å². The fourth-order valence-corrected chi connectivity index (χ4v) is 2.12. The van der Waals surface area contributed by atoms with Gasteiger partial charge in [-0.2, -0.15) is 0 Å². The van der Waals surface area contributed by atoms with Crippen molar-refractivity contribution < 1.29 is 13.2 Å². The Morgan fingerprint density at radius 1 is 1.50 bits per heavy atom. The lowest BCUT2D eigenvalue weighted by atomic mass is 10.3. The quantitative estimate of drug-likeness (QED) is 0.557. The molecule has 66 valence electrons. The summed E-state index contributed by atoms with van der Waals surface area (Å²) in [6.07, 6.45) is -2.82. The van der Waals surface area contributed by atoms with Crippen LogP contribution in [0.15, 0.2) is 10.7 Å². The molecule has 0 radical (unpaired) electrons. The van der Waals surface area contributed by atoms with Crippen LogP contribution in [0.5, 0.6) is 0 Å². The molecule has 1 heterocycles. The van der Waals surface area contributed by atoms with E-state index in [9.17, 15) is 13.2 Å². The van der Waals surface area contributed by atoms with E-state index in [0.717, 1.165) is 6.07 Å². The van der Waals surface area contributed by atoms with Gasteiger partial charge in [0.05, 0.1) is 5.56 Å². The van der Waals surface area contributed by atoms with Gasteiger partial charge in [-0.15, -0.1) is 0 Å². The van der Waals surface area contributed by atoms with Gasteiger partial charge in [-0.3, -0.25) is 0 Å². The zero-order valence-corrected chi connectivity index (χ0v) is 9.24. The number of hydrogen-bond acceptors (Lipinski definition) is 1. The lowest BCUT2D eigenvalue weighted by molar-refractivity contribution is 0.144. The molecule has 0 fully saturated rings. The smallest absolute Gasteiger partial charge is 0.234 e. The van der Waals surface area contributed by atoms with Gasteiger partial charge in [-0.1, -0.05) is 0 Å². The number of pyridine rings is 1. The Morgan fingerprint density at radius 3 is 2.50 bits per heavy atom. The SMILES string of the molecule is Fc1cc(Br)nc(I)c1C(F)F. The fraction of sp³-hybridized carbons (Fsp3) is 0.167. The van der Waals surface area contributed by atoms with Gasteiger partial charge in [0.25, 0.3) is 6.43 Å². The molecule has 0 N–H and O–H groups in total. The second-order valence-electron chi connectivity index (χ2n) is 1.93. The predicted octanol–water partition coefficient (Wildman–Crippen LogP) is 3.53. The van der Waals surface area contributed by atoms with E-state index >= 15 is 0 Å². The molecule has 0 aliphatic carbocycles. The molecule has 1 rings (SSSR count). The fourth-order valence-electron chi connectivity index (χ4n) is 0.661. The van der Waals surface area contributed by atoms with Crippen LogP contribution in [0.4, 0.5) is 13.2 Å². The highest BCUT2D eigenvalue weighted by Gasteiger charge is 2.18. The van der Waals surface area contributed by atoms with Crippen LogP contribution >= 0.6 is 38.5 Å². The lowest BCUT2D eigenvalue weighted by Gasteiger charge is -2.03. The molecule has 0 aliphatic heterocycles. The standard InChI is InChI=1S/C6H2BrF3IN/c7-3-1-2(8)4(5(9)10)6(11)12-3/h1,5H. The largest absolute Gasteiger partial charge is 0.269 e. The third-order valence-electron chi connectivity index (χ3n) is 1.15. The summed E-state index contributed by atoms with van der Waals surface area (Å²) in [5.41, 5.74) is -0.640. The van der Waals surface area contributed by atoms with Crippen molar-refractivity contribution >= 4 is 38.5 Å². The molecule has 6 heteroatoms. The maximum absolute atomic E-state index is 12.8. The van der Waals surface area contributed by atoms with Gasteiger partial charge in [0.2, 0.25) is 0 Å². The van der Waals surface area contributed by atoms with Crippen LogP contribution in [-0.2, 0) is 0 Å². The summed E-state index contributed by atoms with van der Waals surface area (Å²) in [4.78, 5) is 3.64. The van der Waals surface area contributed by atoms with Crippen LogP contribution in [0.3, 0.4) is 0 Å². The van der Waals surface area contributed by atoms with Crippen molar-refractivity contribution in [1.29, 1.82) is 0 Å². The van der Waals surface area contributed by atoms with Crippen molar-refractivity contribution in [3.8, 4) is 0 Å². The molecule has 1 aromatic rings. The monoisotopic (exact) mass is 351 g/mol. The number of nitrogens with zero attached hydrogens (tertiary/aromatic N) is 1. The molecule has 1 aromatic heterocycles. The molecule has 0 saturated heterocycles. The third kappa shape index (κ3) is 2.09. The third-order valence-corrected chi connectivity index (χ3v) is 2.38. The topological polar surface area (TPSA) is 12.9 Å². The highest BCUT2D eigenvalue weighted by molar-refractivity contribution is 14.1. The van der Waals surface area contributed by atoms with Crippen LogP contribution in [0.25, 0.3) is 0 Å². The first-order valence-corrected chi connectivity index (χ1v) is 4.69. The summed E-state index contributed by atoms with van der Waals surface area (Å²) in [5, 5.41) is 0. The maximum atomic E-state index is 12.8. The molecule has 0 atom stereocenters. The zero-order valence-electron chi connectivity index (χ0n) is 5.49. The minimum atomic E-state index is -2.82. The summed E-state index contributed by atoms with van der Waals surface area (Å²) < 4.78 is 37.2. The Bertz CT molecular complexity index is 282. The van der Waals surface area contributed by atoms with E-state index in [2.05, 4.69) is 20.9 Å². The van der Waals surface area contributed by atoms with E-state index in [1.165, 1.54) is 0 Å². The number of halogens is 5. The van der Waals surface area contributed by atoms with E-state index < -0.39 is 17.8 Å². The number of alkyl halides is 2. The highest BCUT2D eigenvalue weighted by Crippen LogP contribution is 2.27. The van der Waals surface area contributed by atoms with Crippen LogP contribution in [-0.4, -0.2) is 4.98 Å². The zero-order chi connectivity index (χ0) is 9.30. The molecule has 0 bridgehead atoms. The molecule has 0 saturated carbocycles. The molecule has 1 nitrogen and oxygen atoms in total. The molecule has 0 amide bonds. The molecule has 0 aliphatic rings. The highest BCUT2D eigenvalue weighted by atomic mass is 127. The van der Waals surface area contributed by atoms with Crippen LogP contribution in [0.1, 0.15) is 12.0 Å². The normalized spacial score (nSPS) is 10.8. The van der Waals surface area contributed by atoms with Gasteiger partial charge < -0.3 is 0 Å². The Hall–Kier alpha value is 0.150. The maximum Gasteiger partial charge on any atom is 0.269 e. The van der Waals surface area contributed by atoms with Gasteiger partial charge in [0.15, 0.2) is 0 Å². The first kappa shape index (κ1) is 10.2. The Morgan fingerprint density at radius 2 is 2.08 bits per heavy atom. The van der Waals surface area contributed by atoms with Crippen molar-refractivity contribution in [3.05, 3.63) is 25.8 Å². The minimum absolute atomic E-state index is 0.0190. The Kier molecular flexibility index (Phi) is 3.33. The van der Waals surface area contributed by atoms with Crippen molar-refractivity contribution in [2.45, 2.75) is 6.43 Å². The van der Waals surface area contributed by atoms with E-state index in [0.29, 0.717) is 0 Å². The summed E-state index contributed by atoms with van der Waals surface area (Å²) in [6.45, 7) is 0. The number of hydrogen-bond donors (Lipinski definition) is 0. The van der Waals surface area contributed by atoms with Gasteiger partial charge >= 0.3 is 0 Å². The average molecular weight is 352 g/mol. The first-order valence-electron chi connectivity index (χ1n) is 2.82. The predicted molar refractivity (Wildman–Crippen MR) is 49.6 cm³/mol. The van der Waals surface area contributed by atoms with E-state index in [4.69, 9.17) is 0 Å². The molecular weight excluding hydrogens is 350 g/mol. The van der Waals surface area contributed by atoms with E-state index in [-0.39, 0.29) is 8.30 Å². The lowest BCUT2D eigenvalue weighted by Crippen LogP contribution is -1.98. The van der Waals surface area contributed by atoms with E-state index in [1.54, 1.807) is 22.6 Å². The summed E-state index contributed by atoms with van der Waals surface area (Å²) in [6, 6.07) is 0.920. The van der Waals surface area contributed by atoms with Gasteiger partial charge in [-0.25, -0.2) is 18.2 Å². The average Bonchev–Trinajstić information content (AvgIpc) is 1.82. The van der Waals surface area contributed by atoms with Crippen LogP contribution in [0, 0.1) is 9.52 Å². The molecule has 0 aromatic carbocycles. The first-order chi connectivity index (χ1) is 5.52. The van der Waals surface area contributed by atoms with Gasteiger partial charge in [0, 0.05) is 6.07 Å². The Balaban J connectivity index is 3.28. The molecule has 0 unspecified atom stereocenters. The van der Waals surface area contributed by atoms with E-state index in [1.807, 2.05) is 0 Å². The van der Waals surface area contributed by atoms with Crippen LogP contribution in [0.2, 0.25) is 0 Å². The van der Waals surface area contributed by atoms with Crippen molar-refractivity contribution in [2.24, 2.45) is 0 Å². The van der Waals surface area contributed by atoms with Crippen LogP contribution < -0.4 is 0 Å². The van der Waals surface area contributed by atoms with Gasteiger partial charge in [-0.05, 0) is 38.5 Å². The second-order valence-corrected chi connectivity index (χ2v) is 3.77. The summed E-state index contributed by atoms with van der Waals surface area (Å²) in [5.74, 6) is -0.934. The number of aromatic nitrogens is 1. The summed E-state index contributed by atoms with van der Waals surface area (Å²) >= 11 is 4.46. The van der Waals surface area contributed by atoms with Crippen molar-refractivity contribution in [2.75, 3.05) is 0 Å². The molecule has 12 heavy (non-hydrogen) atoms. The Labute approximate surface area is 88.6 Å². The summed E-state index contributed by atoms with van der Waals surface area (Å²) in [7, 11) is 0. The molecular formula is C6H2BrF3IN. The number of rotatable bonds is 1. The molecule has 0 spiro atoms. The van der Waals surface area contributed by atoms with Crippen molar-refractivity contribution in [3.63, 3.8) is 0 Å². The van der Waals surface area contributed by atoms with Gasteiger partial charge in [0.1, 0.15) is 14.1 Å².